The minimum Gasteiger partial charge on any atom is -0.375 e. The molecule has 1 heterocycles. The summed E-state index contributed by atoms with van der Waals surface area (Å²) in [6.07, 6.45) is 0.254. The van der Waals surface area contributed by atoms with Crippen molar-refractivity contribution in [3.8, 4) is 0 Å². The predicted molar refractivity (Wildman–Crippen MR) is 120 cm³/mol. The quantitative estimate of drug-likeness (QED) is 0.508. The molecule has 152 valence electrons. The Bertz CT molecular complexity index is 1270. The van der Waals surface area contributed by atoms with Gasteiger partial charge in [-0.1, -0.05) is 91.0 Å². The van der Waals surface area contributed by atoms with Crippen molar-refractivity contribution < 1.29 is 14.7 Å². The van der Waals surface area contributed by atoms with E-state index in [2.05, 4.69) is 0 Å². The third-order valence-electron chi connectivity index (χ3n) is 6.03. The van der Waals surface area contributed by atoms with Crippen molar-refractivity contribution in [2.75, 3.05) is 4.90 Å². The maximum absolute atomic E-state index is 13.5. The topological polar surface area (TPSA) is 57.6 Å². The zero-order valence-electron chi connectivity index (χ0n) is 16.8. The molecule has 4 heteroatoms. The van der Waals surface area contributed by atoms with E-state index in [9.17, 15) is 14.7 Å². The molecule has 1 aliphatic rings. The highest BCUT2D eigenvalue weighted by Crippen LogP contribution is 2.43. The maximum atomic E-state index is 13.5. The normalized spacial score (nSPS) is 21.1. The average molecular weight is 407 g/mol. The zero-order chi connectivity index (χ0) is 21.4. The van der Waals surface area contributed by atoms with Crippen LogP contribution in [-0.2, 0) is 21.6 Å². The van der Waals surface area contributed by atoms with E-state index in [0.717, 1.165) is 21.2 Å². The van der Waals surface area contributed by atoms with E-state index < -0.39 is 23.3 Å². The number of benzene rings is 4. The number of nitrogens with zero attached hydrogens (tertiary/aromatic N) is 1. The van der Waals surface area contributed by atoms with Crippen LogP contribution in [0.4, 0.5) is 5.69 Å². The summed E-state index contributed by atoms with van der Waals surface area (Å²) < 4.78 is 0. The fourth-order valence-corrected chi connectivity index (χ4v) is 4.43. The molecule has 0 unspecified atom stereocenters. The number of fused-ring (bicyclic) bond motifs is 1. The molecule has 2 amide bonds. The molecular formula is C27H21NO3. The molecule has 0 bridgehead atoms. The molecule has 4 aromatic carbocycles. The van der Waals surface area contributed by atoms with E-state index in [-0.39, 0.29) is 6.42 Å². The maximum Gasteiger partial charge on any atom is 0.271 e. The van der Waals surface area contributed by atoms with Gasteiger partial charge in [-0.2, -0.15) is 0 Å². The molecule has 5 rings (SSSR count). The molecule has 4 aromatic rings. The highest BCUT2D eigenvalue weighted by atomic mass is 16.3. The number of aliphatic hydroxyl groups is 1. The Morgan fingerprint density at radius 3 is 2.06 bits per heavy atom. The molecule has 1 fully saturated rings. The summed E-state index contributed by atoms with van der Waals surface area (Å²) in [5.41, 5.74) is -0.139. The molecular weight excluding hydrogens is 386 g/mol. The molecule has 0 saturated carbocycles. The van der Waals surface area contributed by atoms with Gasteiger partial charge in [0.15, 0.2) is 5.60 Å². The number of carbonyl (C=O) groups is 2. The first kappa shape index (κ1) is 19.2. The van der Waals surface area contributed by atoms with Gasteiger partial charge in [0.1, 0.15) is 0 Å². The second-order valence-electron chi connectivity index (χ2n) is 7.88. The van der Waals surface area contributed by atoms with Gasteiger partial charge in [0.2, 0.25) is 5.91 Å². The van der Waals surface area contributed by atoms with Gasteiger partial charge in [-0.3, -0.25) is 9.59 Å². The third-order valence-corrected chi connectivity index (χ3v) is 6.03. The highest BCUT2D eigenvalue weighted by Gasteiger charge is 2.59. The lowest BCUT2D eigenvalue weighted by Gasteiger charge is -2.26. The summed E-state index contributed by atoms with van der Waals surface area (Å²) in [6, 6.07) is 31.5. The van der Waals surface area contributed by atoms with Crippen molar-refractivity contribution in [1.29, 1.82) is 0 Å². The van der Waals surface area contributed by atoms with Gasteiger partial charge in [-0.15, -0.1) is 0 Å². The van der Waals surface area contributed by atoms with Crippen LogP contribution in [0.2, 0.25) is 0 Å². The Kier molecular flexibility index (Phi) is 4.64. The fraction of sp³-hybridized carbons (Fsp3) is 0.111. The molecule has 0 radical (unpaired) electrons. The van der Waals surface area contributed by atoms with Crippen molar-refractivity contribution in [1.82, 2.24) is 0 Å². The number of hydrogen-bond acceptors (Lipinski definition) is 3. The van der Waals surface area contributed by atoms with E-state index in [4.69, 9.17) is 0 Å². The third kappa shape index (κ3) is 3.13. The molecule has 0 aliphatic carbocycles. The van der Waals surface area contributed by atoms with Crippen LogP contribution in [-0.4, -0.2) is 16.9 Å². The van der Waals surface area contributed by atoms with Crippen LogP contribution in [0.3, 0.4) is 0 Å². The second kappa shape index (κ2) is 7.49. The van der Waals surface area contributed by atoms with Gasteiger partial charge in [0.05, 0.1) is 11.6 Å². The summed E-state index contributed by atoms with van der Waals surface area (Å²) >= 11 is 0. The molecule has 0 aromatic heterocycles. The Labute approximate surface area is 180 Å². The molecule has 2 atom stereocenters. The van der Waals surface area contributed by atoms with E-state index in [1.165, 1.54) is 0 Å². The Hall–Kier alpha value is -3.76. The highest BCUT2D eigenvalue weighted by molar-refractivity contribution is 6.25. The first-order valence-electron chi connectivity index (χ1n) is 10.3. The number of rotatable bonds is 4. The van der Waals surface area contributed by atoms with E-state index >= 15 is 0 Å². The summed E-state index contributed by atoms with van der Waals surface area (Å²) in [5.74, 6) is -1.93. The number of amides is 2. The first-order valence-corrected chi connectivity index (χ1v) is 10.3. The number of hydrogen-bond donors (Lipinski definition) is 1. The van der Waals surface area contributed by atoms with E-state index in [0.29, 0.717) is 11.3 Å². The van der Waals surface area contributed by atoms with Crippen LogP contribution >= 0.6 is 0 Å². The monoisotopic (exact) mass is 407 g/mol. The first-order chi connectivity index (χ1) is 15.1. The van der Waals surface area contributed by atoms with Crippen molar-refractivity contribution in [3.05, 3.63) is 114 Å². The number of imide groups is 1. The van der Waals surface area contributed by atoms with Gasteiger partial charge in [-0.25, -0.2) is 4.90 Å². The summed E-state index contributed by atoms with van der Waals surface area (Å²) in [6.45, 7) is 0. The van der Waals surface area contributed by atoms with Crippen LogP contribution in [0.1, 0.15) is 11.1 Å². The van der Waals surface area contributed by atoms with Crippen LogP contribution < -0.4 is 4.90 Å². The lowest BCUT2D eigenvalue weighted by Crippen LogP contribution is -2.41. The Balaban J connectivity index is 1.61. The molecule has 0 spiro atoms. The summed E-state index contributed by atoms with van der Waals surface area (Å²) in [7, 11) is 0. The van der Waals surface area contributed by atoms with Gasteiger partial charge in [-0.05, 0) is 40.5 Å². The minimum atomic E-state index is -1.93. The smallest absolute Gasteiger partial charge is 0.271 e. The lowest BCUT2D eigenvalue weighted by atomic mass is 9.79. The molecule has 1 saturated heterocycles. The van der Waals surface area contributed by atoms with Gasteiger partial charge in [0.25, 0.3) is 5.91 Å². The molecule has 4 nitrogen and oxygen atoms in total. The van der Waals surface area contributed by atoms with Crippen LogP contribution in [0, 0.1) is 5.92 Å². The SMILES string of the molecule is O=C1[C@H](Cc2ccc3ccccc3c2)[C@@](O)(c2ccccc2)C(=O)N1c1ccccc1. The minimum absolute atomic E-state index is 0.254. The molecule has 1 N–H and O–H groups in total. The van der Waals surface area contributed by atoms with E-state index in [1.54, 1.807) is 48.5 Å². The number of carbonyl (C=O) groups excluding carboxylic acids is 2. The van der Waals surface area contributed by atoms with Crippen LogP contribution in [0.15, 0.2) is 103 Å². The van der Waals surface area contributed by atoms with Crippen LogP contribution in [0.5, 0.6) is 0 Å². The average Bonchev–Trinajstić information content (AvgIpc) is 3.01. The van der Waals surface area contributed by atoms with E-state index in [1.807, 2.05) is 54.6 Å². The van der Waals surface area contributed by atoms with Gasteiger partial charge in [0, 0.05) is 0 Å². The largest absolute Gasteiger partial charge is 0.375 e. The van der Waals surface area contributed by atoms with Gasteiger partial charge < -0.3 is 5.11 Å². The predicted octanol–water partition coefficient (Wildman–Crippen LogP) is 4.46. The van der Waals surface area contributed by atoms with Gasteiger partial charge >= 0.3 is 0 Å². The summed E-state index contributed by atoms with van der Waals surface area (Å²) in [5, 5.41) is 13.9. The second-order valence-corrected chi connectivity index (χ2v) is 7.88. The van der Waals surface area contributed by atoms with Crippen molar-refractivity contribution >= 4 is 28.3 Å². The zero-order valence-corrected chi connectivity index (χ0v) is 16.8. The standard InChI is InChI=1S/C27H21NO3/c29-25-24(18-19-15-16-20-9-7-8-10-21(20)17-19)27(31,22-11-3-1-4-12-22)26(30)28(25)23-13-5-2-6-14-23/h1-17,24,31H,18H2/t24-,27-/m0/s1. The lowest BCUT2D eigenvalue weighted by molar-refractivity contribution is -0.139. The summed E-state index contributed by atoms with van der Waals surface area (Å²) in [4.78, 5) is 28.1. The fourth-order valence-electron chi connectivity index (χ4n) is 4.43. The molecule has 1 aliphatic heterocycles. The van der Waals surface area contributed by atoms with Crippen molar-refractivity contribution in [2.45, 2.75) is 12.0 Å². The van der Waals surface area contributed by atoms with Crippen molar-refractivity contribution in [2.24, 2.45) is 5.92 Å². The number of para-hydroxylation sites is 1. The Morgan fingerprint density at radius 1 is 0.742 bits per heavy atom. The Morgan fingerprint density at radius 2 is 1.35 bits per heavy atom. The van der Waals surface area contributed by atoms with Crippen LogP contribution in [0.25, 0.3) is 10.8 Å². The number of anilines is 1. The molecule has 31 heavy (non-hydrogen) atoms. The van der Waals surface area contributed by atoms with Crippen molar-refractivity contribution in [3.63, 3.8) is 0 Å².